The third-order valence-corrected chi connectivity index (χ3v) is 8.75. The summed E-state index contributed by atoms with van der Waals surface area (Å²) in [4.78, 5) is 57.2. The number of hydrogen-bond acceptors (Lipinski definition) is 6. The van der Waals surface area contributed by atoms with Gasteiger partial charge in [-0.1, -0.05) is 12.1 Å². The highest BCUT2D eigenvalue weighted by atomic mass is 16.2. The van der Waals surface area contributed by atoms with Crippen molar-refractivity contribution in [2.45, 2.75) is 43.9 Å². The molecule has 1 spiro atoms. The van der Waals surface area contributed by atoms with Gasteiger partial charge in [0.05, 0.1) is 12.0 Å². The van der Waals surface area contributed by atoms with Crippen LogP contribution in [0.15, 0.2) is 36.5 Å². The monoisotopic (exact) mass is 530 g/mol. The number of hydrogen-bond donors (Lipinski definition) is 4. The highest BCUT2D eigenvalue weighted by Gasteiger charge is 2.51. The second-order valence-corrected chi connectivity index (χ2v) is 11.2. The van der Waals surface area contributed by atoms with E-state index in [0.29, 0.717) is 50.3 Å². The molecule has 4 heterocycles. The van der Waals surface area contributed by atoms with Gasteiger partial charge in [-0.25, -0.2) is 4.98 Å². The number of nitrogens with zero attached hydrogens (tertiary/aromatic N) is 2. The minimum atomic E-state index is -0.656. The fraction of sp³-hybridized carbons (Fsp3) is 0.483. The summed E-state index contributed by atoms with van der Waals surface area (Å²) < 4.78 is 0. The second-order valence-electron chi connectivity index (χ2n) is 11.2. The first-order valence-electron chi connectivity index (χ1n) is 13.9. The van der Waals surface area contributed by atoms with Crippen LogP contribution in [0.2, 0.25) is 0 Å². The number of carbonyl (C=O) groups is 4. The van der Waals surface area contributed by atoms with Crippen LogP contribution in [0.5, 0.6) is 0 Å². The summed E-state index contributed by atoms with van der Waals surface area (Å²) >= 11 is 0. The van der Waals surface area contributed by atoms with Gasteiger partial charge in [0, 0.05) is 42.4 Å². The molecule has 3 aliphatic heterocycles. The van der Waals surface area contributed by atoms with Crippen molar-refractivity contribution in [2.75, 3.05) is 43.4 Å². The number of likely N-dealkylation sites (tertiary alicyclic amines) is 1. The number of carbonyl (C=O) groups excluding carboxylic acids is 4. The van der Waals surface area contributed by atoms with Gasteiger partial charge in [-0.2, -0.15) is 0 Å². The third kappa shape index (κ3) is 4.89. The van der Waals surface area contributed by atoms with E-state index in [0.717, 1.165) is 42.6 Å². The van der Waals surface area contributed by atoms with Crippen LogP contribution in [0.25, 0.3) is 0 Å². The van der Waals surface area contributed by atoms with Crippen LogP contribution in [0.3, 0.4) is 0 Å². The van der Waals surface area contributed by atoms with Crippen LogP contribution in [0, 0.1) is 11.8 Å². The zero-order valence-electron chi connectivity index (χ0n) is 21.9. The van der Waals surface area contributed by atoms with Gasteiger partial charge in [0.15, 0.2) is 0 Å². The largest absolute Gasteiger partial charge is 0.347 e. The molecule has 1 unspecified atom stereocenters. The maximum absolute atomic E-state index is 12.9. The number of benzene rings is 1. The molecule has 39 heavy (non-hydrogen) atoms. The molecule has 10 heteroatoms. The Hall–Kier alpha value is -3.79. The molecular weight excluding hydrogens is 496 g/mol. The SMILES string of the molecule is O=C(CNC(=O)C1CCN(C(=O)C2CCNCC2)CC1)Nc1ccc2c(c1)CC1(C2)C(=O)Nc2ncccc21. The van der Waals surface area contributed by atoms with Gasteiger partial charge in [0.25, 0.3) is 0 Å². The average molecular weight is 531 g/mol. The molecule has 1 aliphatic carbocycles. The smallest absolute Gasteiger partial charge is 0.243 e. The summed E-state index contributed by atoms with van der Waals surface area (Å²) in [6.45, 7) is 2.82. The number of amides is 4. The first-order chi connectivity index (χ1) is 18.9. The van der Waals surface area contributed by atoms with Gasteiger partial charge in [0.1, 0.15) is 5.82 Å². The van der Waals surface area contributed by atoms with E-state index in [1.165, 1.54) is 0 Å². The quantitative estimate of drug-likeness (QED) is 0.462. The maximum atomic E-state index is 12.9. The zero-order valence-corrected chi connectivity index (χ0v) is 21.9. The van der Waals surface area contributed by atoms with Crippen molar-refractivity contribution in [1.82, 2.24) is 20.5 Å². The Morgan fingerprint density at radius 3 is 2.56 bits per heavy atom. The highest BCUT2D eigenvalue weighted by Crippen LogP contribution is 2.46. The third-order valence-electron chi connectivity index (χ3n) is 8.75. The molecule has 2 aromatic rings. The number of piperidine rings is 2. The Balaban J connectivity index is 0.989. The molecule has 1 aromatic heterocycles. The molecule has 4 aliphatic rings. The van der Waals surface area contributed by atoms with E-state index in [1.807, 2.05) is 35.2 Å². The number of nitrogens with one attached hydrogen (secondary N) is 4. The van der Waals surface area contributed by atoms with E-state index in [-0.39, 0.29) is 42.0 Å². The van der Waals surface area contributed by atoms with Crippen LogP contribution >= 0.6 is 0 Å². The topological polar surface area (TPSA) is 133 Å². The summed E-state index contributed by atoms with van der Waals surface area (Å²) in [5, 5.41) is 11.8. The van der Waals surface area contributed by atoms with E-state index in [4.69, 9.17) is 0 Å². The molecule has 2 fully saturated rings. The molecule has 204 valence electrons. The normalized spacial score (nSPS) is 22.8. The molecule has 2 saturated heterocycles. The lowest BCUT2D eigenvalue weighted by atomic mass is 9.79. The molecule has 0 radical (unpaired) electrons. The first kappa shape index (κ1) is 25.5. The number of anilines is 2. The highest BCUT2D eigenvalue weighted by molar-refractivity contribution is 6.06. The number of fused-ring (bicyclic) bond motifs is 3. The van der Waals surface area contributed by atoms with Crippen molar-refractivity contribution in [3.05, 3.63) is 53.2 Å². The van der Waals surface area contributed by atoms with E-state index in [2.05, 4.69) is 26.3 Å². The van der Waals surface area contributed by atoms with Crippen LogP contribution < -0.4 is 21.3 Å². The molecule has 1 aromatic carbocycles. The van der Waals surface area contributed by atoms with Gasteiger partial charge < -0.3 is 26.2 Å². The minimum Gasteiger partial charge on any atom is -0.347 e. The summed E-state index contributed by atoms with van der Waals surface area (Å²) in [6, 6.07) is 9.51. The van der Waals surface area contributed by atoms with Crippen molar-refractivity contribution in [2.24, 2.45) is 11.8 Å². The van der Waals surface area contributed by atoms with Crippen molar-refractivity contribution < 1.29 is 19.2 Å². The minimum absolute atomic E-state index is 0.0396. The fourth-order valence-corrected chi connectivity index (χ4v) is 6.55. The molecule has 0 saturated carbocycles. The van der Waals surface area contributed by atoms with E-state index < -0.39 is 5.41 Å². The van der Waals surface area contributed by atoms with E-state index >= 15 is 0 Å². The molecule has 10 nitrogen and oxygen atoms in total. The Morgan fingerprint density at radius 2 is 1.77 bits per heavy atom. The van der Waals surface area contributed by atoms with Crippen LogP contribution in [-0.2, 0) is 37.4 Å². The second kappa shape index (κ2) is 10.4. The van der Waals surface area contributed by atoms with Crippen molar-refractivity contribution in [1.29, 1.82) is 0 Å². The molecule has 6 rings (SSSR count). The molecular formula is C29H34N6O4. The fourth-order valence-electron chi connectivity index (χ4n) is 6.55. The Morgan fingerprint density at radius 1 is 1.00 bits per heavy atom. The van der Waals surface area contributed by atoms with Gasteiger partial charge in [-0.3, -0.25) is 19.2 Å². The molecule has 4 N–H and O–H groups in total. The van der Waals surface area contributed by atoms with Crippen molar-refractivity contribution in [3.63, 3.8) is 0 Å². The van der Waals surface area contributed by atoms with Crippen LogP contribution in [0.1, 0.15) is 42.4 Å². The Kier molecular flexibility index (Phi) is 6.80. The van der Waals surface area contributed by atoms with Crippen LogP contribution in [0.4, 0.5) is 11.5 Å². The number of aromatic nitrogens is 1. The Labute approximate surface area is 227 Å². The average Bonchev–Trinajstić information content (AvgIpc) is 3.48. The predicted molar refractivity (Wildman–Crippen MR) is 145 cm³/mol. The Bertz CT molecular complexity index is 1310. The lowest BCUT2D eigenvalue weighted by molar-refractivity contribution is -0.139. The summed E-state index contributed by atoms with van der Waals surface area (Å²) in [5.74, 6) is 0.247. The maximum Gasteiger partial charge on any atom is 0.243 e. The zero-order chi connectivity index (χ0) is 27.0. The molecule has 1 atom stereocenters. The lowest BCUT2D eigenvalue weighted by Crippen LogP contribution is -2.47. The van der Waals surface area contributed by atoms with Crippen LogP contribution in [-0.4, -0.2) is 66.2 Å². The predicted octanol–water partition coefficient (Wildman–Crippen LogP) is 1.36. The standard InChI is InChI=1S/C29H34N6O4/c36-24(17-32-26(37)18-7-12-35(13-8-18)27(38)19-5-10-30-11-6-19)33-22-4-3-20-15-29(16-21(20)14-22)23-2-1-9-31-25(23)34-28(29)39/h1-4,9,14,18-19,30H,5-8,10-13,15-17H2,(H,32,37)(H,33,36)(H,31,34,39). The molecule has 4 amide bonds. The van der Waals surface area contributed by atoms with Gasteiger partial charge in [-0.05, 0) is 80.9 Å². The number of rotatable bonds is 5. The summed E-state index contributed by atoms with van der Waals surface area (Å²) in [6.07, 6.45) is 5.80. The summed E-state index contributed by atoms with van der Waals surface area (Å²) in [5.41, 5.74) is 3.00. The van der Waals surface area contributed by atoms with Crippen molar-refractivity contribution >= 4 is 35.1 Å². The van der Waals surface area contributed by atoms with Gasteiger partial charge in [0.2, 0.25) is 23.6 Å². The summed E-state index contributed by atoms with van der Waals surface area (Å²) in [7, 11) is 0. The van der Waals surface area contributed by atoms with Gasteiger partial charge in [-0.15, -0.1) is 0 Å². The van der Waals surface area contributed by atoms with E-state index in [9.17, 15) is 19.2 Å². The van der Waals surface area contributed by atoms with Crippen molar-refractivity contribution in [3.8, 4) is 0 Å². The first-order valence-corrected chi connectivity index (χ1v) is 13.9. The molecule has 0 bridgehead atoms. The van der Waals surface area contributed by atoms with E-state index in [1.54, 1.807) is 6.20 Å². The number of pyridine rings is 1. The lowest BCUT2D eigenvalue weighted by Gasteiger charge is -2.34. The van der Waals surface area contributed by atoms with Gasteiger partial charge >= 0.3 is 0 Å².